The van der Waals surface area contributed by atoms with E-state index in [2.05, 4.69) is 15.7 Å². The van der Waals surface area contributed by atoms with E-state index in [0.29, 0.717) is 18.1 Å². The summed E-state index contributed by atoms with van der Waals surface area (Å²) in [6.45, 7) is 0.988. The molecule has 3 nitrogen and oxygen atoms in total. The fourth-order valence-electron chi connectivity index (χ4n) is 2.83. The Hall–Kier alpha value is -0.740. The Bertz CT molecular complexity index is 419. The molecule has 18 heavy (non-hydrogen) atoms. The summed E-state index contributed by atoms with van der Waals surface area (Å²) < 4.78 is 0. The largest absolute Gasteiger partial charge is 0.307 e. The van der Waals surface area contributed by atoms with Crippen molar-refractivity contribution in [3.05, 3.63) is 16.1 Å². The minimum atomic E-state index is 0.104. The molecule has 1 aliphatic carbocycles. The fraction of sp³-hybridized carbons (Fsp3) is 0.714. The maximum atomic E-state index is 11.9. The second kappa shape index (κ2) is 5.49. The zero-order valence-electron chi connectivity index (χ0n) is 10.7. The van der Waals surface area contributed by atoms with E-state index in [1.807, 2.05) is 0 Å². The van der Waals surface area contributed by atoms with Crippen LogP contribution in [0, 0.1) is 0 Å². The average Bonchev–Trinajstić information content (AvgIpc) is 2.76. The van der Waals surface area contributed by atoms with Gasteiger partial charge in [0.2, 0.25) is 0 Å². The van der Waals surface area contributed by atoms with Gasteiger partial charge in [0.15, 0.2) is 5.78 Å². The molecule has 0 unspecified atom stereocenters. The lowest BCUT2D eigenvalue weighted by Crippen LogP contribution is -2.49. The van der Waals surface area contributed by atoms with E-state index in [4.69, 9.17) is 0 Å². The highest BCUT2D eigenvalue weighted by Crippen LogP contribution is 2.33. The molecule has 1 atom stereocenters. The predicted molar refractivity (Wildman–Crippen MR) is 73.1 cm³/mol. The SMILES string of the molecule is O=C(Cc1nc(C2CCCCC2)cs1)[C@@H]1CCN1. The zero-order valence-corrected chi connectivity index (χ0v) is 11.5. The first-order valence-electron chi connectivity index (χ1n) is 7.03. The fourth-order valence-corrected chi connectivity index (χ4v) is 3.71. The van der Waals surface area contributed by atoms with Crippen molar-refractivity contribution >= 4 is 17.1 Å². The van der Waals surface area contributed by atoms with Crippen LogP contribution in [0.15, 0.2) is 5.38 Å². The third-order valence-corrected chi connectivity index (χ3v) is 5.00. The van der Waals surface area contributed by atoms with Crippen molar-refractivity contribution in [2.75, 3.05) is 6.54 Å². The minimum absolute atomic E-state index is 0.104. The minimum Gasteiger partial charge on any atom is -0.307 e. The number of rotatable bonds is 4. The Kier molecular flexibility index (Phi) is 3.75. The van der Waals surface area contributed by atoms with Crippen LogP contribution in [0.2, 0.25) is 0 Å². The van der Waals surface area contributed by atoms with Crippen LogP contribution in [0.25, 0.3) is 0 Å². The smallest absolute Gasteiger partial charge is 0.156 e. The lowest BCUT2D eigenvalue weighted by Gasteiger charge is -2.25. The second-order valence-electron chi connectivity index (χ2n) is 5.44. The van der Waals surface area contributed by atoms with Crippen molar-refractivity contribution in [1.82, 2.24) is 10.3 Å². The zero-order chi connectivity index (χ0) is 12.4. The van der Waals surface area contributed by atoms with Crippen LogP contribution in [0.4, 0.5) is 0 Å². The lowest BCUT2D eigenvalue weighted by molar-refractivity contribution is -0.121. The molecular formula is C14H20N2OS. The number of carbonyl (C=O) groups excluding carboxylic acids is 1. The van der Waals surface area contributed by atoms with E-state index in [1.54, 1.807) is 11.3 Å². The van der Waals surface area contributed by atoms with E-state index in [0.717, 1.165) is 18.0 Å². The van der Waals surface area contributed by atoms with Crippen LogP contribution in [-0.2, 0) is 11.2 Å². The molecule has 0 spiro atoms. The standard InChI is InChI=1S/C14H20N2OS/c17-13(11-6-7-15-11)8-14-16-12(9-18-14)10-4-2-1-3-5-10/h9-11,15H,1-8H2/t11-/m0/s1. The molecule has 4 heteroatoms. The molecule has 3 rings (SSSR count). The van der Waals surface area contributed by atoms with Crippen molar-refractivity contribution in [3.63, 3.8) is 0 Å². The van der Waals surface area contributed by atoms with Gasteiger partial charge in [0.05, 0.1) is 18.2 Å². The molecule has 2 aliphatic rings. The van der Waals surface area contributed by atoms with Gasteiger partial charge in [0.1, 0.15) is 5.01 Å². The van der Waals surface area contributed by atoms with Gasteiger partial charge < -0.3 is 5.32 Å². The summed E-state index contributed by atoms with van der Waals surface area (Å²) in [5.74, 6) is 0.964. The van der Waals surface area contributed by atoms with Crippen molar-refractivity contribution in [2.24, 2.45) is 0 Å². The van der Waals surface area contributed by atoms with E-state index in [1.165, 1.54) is 37.8 Å². The summed E-state index contributed by atoms with van der Waals surface area (Å²) in [4.78, 5) is 16.6. The van der Waals surface area contributed by atoms with Gasteiger partial charge in [-0.05, 0) is 25.8 Å². The molecule has 0 bridgehead atoms. The van der Waals surface area contributed by atoms with Crippen LogP contribution in [0.1, 0.15) is 55.1 Å². The molecule has 1 aliphatic heterocycles. The highest BCUT2D eigenvalue weighted by molar-refractivity contribution is 7.09. The quantitative estimate of drug-likeness (QED) is 0.909. The summed E-state index contributed by atoms with van der Waals surface area (Å²) in [6, 6.07) is 0.104. The van der Waals surface area contributed by atoms with Gasteiger partial charge in [-0.3, -0.25) is 4.79 Å². The molecule has 1 N–H and O–H groups in total. The molecule has 0 amide bonds. The number of nitrogens with one attached hydrogen (secondary N) is 1. The molecule has 0 radical (unpaired) electrons. The number of Topliss-reactive ketones (excluding diaryl/α,β-unsaturated/α-hetero) is 1. The van der Waals surface area contributed by atoms with Gasteiger partial charge in [0, 0.05) is 11.3 Å². The number of ketones is 1. The highest BCUT2D eigenvalue weighted by Gasteiger charge is 2.25. The summed E-state index contributed by atoms with van der Waals surface area (Å²) >= 11 is 1.66. The number of thiazole rings is 1. The van der Waals surface area contributed by atoms with E-state index in [9.17, 15) is 4.79 Å². The summed E-state index contributed by atoms with van der Waals surface area (Å²) in [5.41, 5.74) is 1.24. The van der Waals surface area contributed by atoms with E-state index >= 15 is 0 Å². The summed E-state index contributed by atoms with van der Waals surface area (Å²) in [6.07, 6.45) is 8.13. The Balaban J connectivity index is 1.60. The molecular weight excluding hydrogens is 244 g/mol. The number of nitrogens with zero attached hydrogens (tertiary/aromatic N) is 1. The van der Waals surface area contributed by atoms with Crippen molar-refractivity contribution < 1.29 is 4.79 Å². The topological polar surface area (TPSA) is 42.0 Å². The van der Waals surface area contributed by atoms with Gasteiger partial charge >= 0.3 is 0 Å². The molecule has 0 aromatic carbocycles. The molecule has 1 saturated carbocycles. The molecule has 1 aromatic heterocycles. The first-order valence-corrected chi connectivity index (χ1v) is 7.91. The van der Waals surface area contributed by atoms with Crippen molar-refractivity contribution in [3.8, 4) is 0 Å². The maximum absolute atomic E-state index is 11.9. The van der Waals surface area contributed by atoms with Gasteiger partial charge in [-0.25, -0.2) is 4.98 Å². The molecule has 2 fully saturated rings. The number of carbonyl (C=O) groups is 1. The van der Waals surface area contributed by atoms with Gasteiger partial charge in [-0.2, -0.15) is 0 Å². The first-order chi connectivity index (χ1) is 8.83. The Labute approximate surface area is 112 Å². The van der Waals surface area contributed by atoms with E-state index in [-0.39, 0.29) is 6.04 Å². The Morgan fingerprint density at radius 2 is 2.11 bits per heavy atom. The van der Waals surface area contributed by atoms with Crippen LogP contribution in [0.3, 0.4) is 0 Å². The van der Waals surface area contributed by atoms with Gasteiger partial charge in [-0.1, -0.05) is 19.3 Å². The normalized spacial score (nSPS) is 24.8. The van der Waals surface area contributed by atoms with Gasteiger partial charge in [-0.15, -0.1) is 11.3 Å². The lowest BCUT2D eigenvalue weighted by atomic mass is 9.87. The van der Waals surface area contributed by atoms with Crippen molar-refractivity contribution in [2.45, 2.75) is 56.9 Å². The summed E-state index contributed by atoms with van der Waals surface area (Å²) in [5, 5.41) is 6.34. The second-order valence-corrected chi connectivity index (χ2v) is 6.38. The van der Waals surface area contributed by atoms with Crippen LogP contribution in [0.5, 0.6) is 0 Å². The van der Waals surface area contributed by atoms with E-state index < -0.39 is 0 Å². The maximum Gasteiger partial charge on any atom is 0.156 e. The van der Waals surface area contributed by atoms with Crippen LogP contribution in [-0.4, -0.2) is 23.4 Å². The third kappa shape index (κ3) is 2.64. The predicted octanol–water partition coefficient (Wildman–Crippen LogP) is 2.66. The monoisotopic (exact) mass is 264 g/mol. The number of hydrogen-bond donors (Lipinski definition) is 1. The highest BCUT2D eigenvalue weighted by atomic mass is 32.1. The summed E-state index contributed by atoms with van der Waals surface area (Å²) in [7, 11) is 0. The third-order valence-electron chi connectivity index (χ3n) is 4.13. The molecule has 1 aromatic rings. The van der Waals surface area contributed by atoms with Gasteiger partial charge in [0.25, 0.3) is 0 Å². The first kappa shape index (κ1) is 12.3. The van der Waals surface area contributed by atoms with Crippen LogP contribution >= 0.6 is 11.3 Å². The van der Waals surface area contributed by atoms with Crippen LogP contribution < -0.4 is 5.32 Å². The number of aromatic nitrogens is 1. The number of hydrogen-bond acceptors (Lipinski definition) is 4. The molecule has 1 saturated heterocycles. The average molecular weight is 264 g/mol. The Morgan fingerprint density at radius 1 is 1.33 bits per heavy atom. The molecule has 98 valence electrons. The molecule has 2 heterocycles. The van der Waals surface area contributed by atoms with Crippen molar-refractivity contribution in [1.29, 1.82) is 0 Å². The Morgan fingerprint density at radius 3 is 2.78 bits per heavy atom.